The summed E-state index contributed by atoms with van der Waals surface area (Å²) in [6, 6.07) is 8.62. The largest absolute Gasteiger partial charge is 0.454 e. The van der Waals surface area contributed by atoms with E-state index >= 15 is 0 Å². The second kappa shape index (κ2) is 5.92. The van der Waals surface area contributed by atoms with Gasteiger partial charge in [-0.1, -0.05) is 12.1 Å². The summed E-state index contributed by atoms with van der Waals surface area (Å²) >= 11 is 1.20. The Morgan fingerprint density at radius 3 is 2.68 bits per heavy atom. The van der Waals surface area contributed by atoms with Crippen LogP contribution in [0.4, 0.5) is 15.8 Å². The first kappa shape index (κ1) is 15.7. The van der Waals surface area contributed by atoms with Crippen molar-refractivity contribution in [2.45, 2.75) is 5.37 Å². The van der Waals surface area contributed by atoms with Crippen molar-refractivity contribution in [1.29, 1.82) is 0 Å². The van der Waals surface area contributed by atoms with Crippen LogP contribution in [0.2, 0.25) is 0 Å². The first-order chi connectivity index (χ1) is 12.1. The van der Waals surface area contributed by atoms with Gasteiger partial charge in [0.05, 0.1) is 28.0 Å². The number of benzene rings is 2. The van der Waals surface area contributed by atoms with Crippen LogP contribution >= 0.6 is 11.8 Å². The molecular formula is C16H11FN2O5S. The number of anilines is 1. The van der Waals surface area contributed by atoms with E-state index in [4.69, 9.17) is 9.47 Å². The number of amides is 1. The maximum absolute atomic E-state index is 14.2. The number of nitro groups is 1. The van der Waals surface area contributed by atoms with Gasteiger partial charge in [-0.2, -0.15) is 0 Å². The smallest absolute Gasteiger partial charge is 0.279 e. The van der Waals surface area contributed by atoms with Gasteiger partial charge in [-0.25, -0.2) is 4.39 Å². The molecule has 0 unspecified atom stereocenters. The number of fused-ring (bicyclic) bond motifs is 1. The topological polar surface area (TPSA) is 81.9 Å². The summed E-state index contributed by atoms with van der Waals surface area (Å²) in [5.41, 5.74) is 0.167. The lowest BCUT2D eigenvalue weighted by Gasteiger charge is -2.24. The monoisotopic (exact) mass is 362 g/mol. The van der Waals surface area contributed by atoms with Gasteiger partial charge in [0.25, 0.3) is 5.69 Å². The third-order valence-electron chi connectivity index (χ3n) is 3.96. The Kier molecular flexibility index (Phi) is 3.72. The van der Waals surface area contributed by atoms with Gasteiger partial charge < -0.3 is 9.47 Å². The van der Waals surface area contributed by atoms with Gasteiger partial charge in [0.2, 0.25) is 12.7 Å². The fourth-order valence-electron chi connectivity index (χ4n) is 2.86. The van der Waals surface area contributed by atoms with Crippen LogP contribution in [-0.2, 0) is 4.79 Å². The van der Waals surface area contributed by atoms with Crippen molar-refractivity contribution >= 4 is 29.0 Å². The fraction of sp³-hybridized carbons (Fsp3) is 0.188. The zero-order valence-electron chi connectivity index (χ0n) is 12.7. The quantitative estimate of drug-likeness (QED) is 0.616. The molecule has 0 spiro atoms. The van der Waals surface area contributed by atoms with Crippen molar-refractivity contribution in [3.63, 3.8) is 0 Å². The van der Waals surface area contributed by atoms with E-state index in [1.54, 1.807) is 6.07 Å². The van der Waals surface area contributed by atoms with Crippen molar-refractivity contribution in [3.8, 4) is 11.5 Å². The molecule has 0 radical (unpaired) electrons. The Morgan fingerprint density at radius 1 is 1.24 bits per heavy atom. The second-order valence-corrected chi connectivity index (χ2v) is 6.47. The lowest BCUT2D eigenvalue weighted by Crippen LogP contribution is -2.29. The molecule has 9 heteroatoms. The molecule has 7 nitrogen and oxygen atoms in total. The standard InChI is InChI=1S/C16H11FN2O5S/c17-10-3-1-2-4-11(10)18-15(20)7-25-16(18)9-5-13-14(24-8-23-13)6-12(9)19(21)22/h1-6,16H,7-8H2/t16-/m1/s1. The third-order valence-corrected chi connectivity index (χ3v) is 5.16. The molecule has 4 rings (SSSR count). The van der Waals surface area contributed by atoms with Crippen LogP contribution in [0.15, 0.2) is 36.4 Å². The number of thioether (sulfide) groups is 1. The highest BCUT2D eigenvalue weighted by atomic mass is 32.2. The number of nitrogens with zero attached hydrogens (tertiary/aromatic N) is 2. The first-order valence-corrected chi connectivity index (χ1v) is 8.37. The van der Waals surface area contributed by atoms with Gasteiger partial charge >= 0.3 is 0 Å². The maximum atomic E-state index is 14.2. The number of hydrogen-bond donors (Lipinski definition) is 0. The third kappa shape index (κ3) is 2.56. The van der Waals surface area contributed by atoms with Crippen LogP contribution in [0.1, 0.15) is 10.9 Å². The summed E-state index contributed by atoms with van der Waals surface area (Å²) in [4.78, 5) is 24.5. The van der Waals surface area contributed by atoms with E-state index in [1.807, 2.05) is 0 Å². The van der Waals surface area contributed by atoms with Gasteiger partial charge in [-0.05, 0) is 18.2 Å². The molecule has 0 bridgehead atoms. The van der Waals surface area contributed by atoms with E-state index < -0.39 is 16.1 Å². The molecule has 0 aliphatic carbocycles. The number of para-hydroxylation sites is 1. The zero-order chi connectivity index (χ0) is 17.6. The predicted molar refractivity (Wildman–Crippen MR) is 88.3 cm³/mol. The van der Waals surface area contributed by atoms with Crippen LogP contribution in [0.3, 0.4) is 0 Å². The molecule has 1 fully saturated rings. The number of carbonyl (C=O) groups is 1. The van der Waals surface area contributed by atoms with Gasteiger partial charge in [0, 0.05) is 0 Å². The molecule has 25 heavy (non-hydrogen) atoms. The highest BCUT2D eigenvalue weighted by molar-refractivity contribution is 8.00. The average molecular weight is 362 g/mol. The number of halogens is 1. The van der Waals surface area contributed by atoms with Crippen molar-refractivity contribution < 1.29 is 23.6 Å². The molecule has 1 atom stereocenters. The molecule has 2 aromatic rings. The molecule has 2 aliphatic heterocycles. The van der Waals surface area contributed by atoms with Gasteiger partial charge in [-0.3, -0.25) is 19.8 Å². The normalized spacial score (nSPS) is 18.7. The molecule has 0 saturated carbocycles. The zero-order valence-corrected chi connectivity index (χ0v) is 13.5. The second-order valence-electron chi connectivity index (χ2n) is 5.40. The van der Waals surface area contributed by atoms with Gasteiger partial charge in [0.1, 0.15) is 11.2 Å². The Hall–Kier alpha value is -2.81. The molecule has 2 heterocycles. The van der Waals surface area contributed by atoms with E-state index in [0.717, 1.165) is 0 Å². The number of hydrogen-bond acceptors (Lipinski definition) is 6. The number of rotatable bonds is 3. The van der Waals surface area contributed by atoms with E-state index in [1.165, 1.54) is 47.0 Å². The molecule has 1 saturated heterocycles. The van der Waals surface area contributed by atoms with Gasteiger partial charge in [-0.15, -0.1) is 11.8 Å². The number of ether oxygens (including phenoxy) is 2. The lowest BCUT2D eigenvalue weighted by atomic mass is 10.1. The Balaban J connectivity index is 1.85. The first-order valence-electron chi connectivity index (χ1n) is 7.32. The minimum Gasteiger partial charge on any atom is -0.454 e. The molecule has 0 aromatic heterocycles. The number of carbonyl (C=O) groups excluding carboxylic acids is 1. The fourth-order valence-corrected chi connectivity index (χ4v) is 4.05. The summed E-state index contributed by atoms with van der Waals surface area (Å²) in [6.45, 7) is -0.0241. The van der Waals surface area contributed by atoms with E-state index in [0.29, 0.717) is 5.75 Å². The minimum absolute atomic E-state index is 0.0241. The minimum atomic E-state index is -0.723. The van der Waals surface area contributed by atoms with Crippen molar-refractivity contribution in [2.24, 2.45) is 0 Å². The van der Waals surface area contributed by atoms with E-state index in [9.17, 15) is 19.3 Å². The van der Waals surface area contributed by atoms with Gasteiger partial charge in [0.15, 0.2) is 11.5 Å². The predicted octanol–water partition coefficient (Wildman–Crippen LogP) is 3.24. The SMILES string of the molecule is O=C1CS[C@H](c2cc3c(cc2[N+](=O)[O-])OCO3)N1c1ccccc1F. The molecule has 2 aliphatic rings. The molecule has 2 aromatic carbocycles. The van der Waals surface area contributed by atoms with Crippen LogP contribution in [0.25, 0.3) is 0 Å². The van der Waals surface area contributed by atoms with E-state index in [-0.39, 0.29) is 41.1 Å². The van der Waals surface area contributed by atoms with Crippen LogP contribution in [-0.4, -0.2) is 23.4 Å². The maximum Gasteiger partial charge on any atom is 0.279 e. The van der Waals surface area contributed by atoms with Crippen LogP contribution in [0, 0.1) is 15.9 Å². The molecule has 0 N–H and O–H groups in total. The number of nitro benzene ring substituents is 1. The summed E-state index contributed by atoms with van der Waals surface area (Å²) in [7, 11) is 0. The molecule has 128 valence electrons. The summed E-state index contributed by atoms with van der Waals surface area (Å²) in [5.74, 6) is -0.125. The summed E-state index contributed by atoms with van der Waals surface area (Å²) in [6.07, 6.45) is 0. The van der Waals surface area contributed by atoms with Crippen LogP contribution < -0.4 is 14.4 Å². The Bertz CT molecular complexity index is 891. The average Bonchev–Trinajstić information content (AvgIpc) is 3.20. The summed E-state index contributed by atoms with van der Waals surface area (Å²) in [5, 5.41) is 10.8. The summed E-state index contributed by atoms with van der Waals surface area (Å²) < 4.78 is 24.7. The van der Waals surface area contributed by atoms with Crippen LogP contribution in [0.5, 0.6) is 11.5 Å². The van der Waals surface area contributed by atoms with Crippen molar-refractivity contribution in [2.75, 3.05) is 17.4 Å². The highest BCUT2D eigenvalue weighted by Gasteiger charge is 2.40. The molecule has 1 amide bonds. The lowest BCUT2D eigenvalue weighted by molar-refractivity contribution is -0.385. The van der Waals surface area contributed by atoms with Crippen molar-refractivity contribution in [1.82, 2.24) is 0 Å². The Labute approximate surface area is 145 Å². The highest BCUT2D eigenvalue weighted by Crippen LogP contribution is 2.48. The molecular weight excluding hydrogens is 351 g/mol. The van der Waals surface area contributed by atoms with Crippen molar-refractivity contribution in [3.05, 3.63) is 57.9 Å². The Morgan fingerprint density at radius 2 is 1.96 bits per heavy atom. The van der Waals surface area contributed by atoms with E-state index in [2.05, 4.69) is 0 Å².